The van der Waals surface area contributed by atoms with Crippen LogP contribution in [-0.4, -0.2) is 29.4 Å². The molecule has 1 amide bonds. The Morgan fingerprint density at radius 2 is 2.13 bits per heavy atom. The maximum Gasteiger partial charge on any atom is 0.234 e. The molecule has 1 saturated carbocycles. The Bertz CT molecular complexity index is 993. The number of hydrogen-bond donors (Lipinski definition) is 1. The molecule has 0 aromatic heterocycles. The summed E-state index contributed by atoms with van der Waals surface area (Å²) in [5, 5.41) is 0. The smallest absolute Gasteiger partial charge is 0.234 e. The summed E-state index contributed by atoms with van der Waals surface area (Å²) in [6.07, 6.45) is 6.94. The molecule has 5 heteroatoms. The molecule has 2 aromatic carbocycles. The van der Waals surface area contributed by atoms with Gasteiger partial charge in [0.2, 0.25) is 5.91 Å². The third-order valence-corrected chi connectivity index (χ3v) is 8.05. The summed E-state index contributed by atoms with van der Waals surface area (Å²) in [5.41, 5.74) is 9.51. The minimum absolute atomic E-state index is 0.169. The second-order valence-corrected chi connectivity index (χ2v) is 9.58. The third-order valence-electron chi connectivity index (χ3n) is 8.05. The van der Waals surface area contributed by atoms with Crippen LogP contribution in [-0.2, 0) is 23.2 Å². The van der Waals surface area contributed by atoms with Gasteiger partial charge in [0.15, 0.2) is 0 Å². The van der Waals surface area contributed by atoms with Crippen molar-refractivity contribution in [2.75, 3.05) is 6.54 Å². The summed E-state index contributed by atoms with van der Waals surface area (Å²) < 4.78 is 19.6. The first-order chi connectivity index (χ1) is 15.0. The van der Waals surface area contributed by atoms with Crippen molar-refractivity contribution >= 4 is 5.91 Å². The number of fused-ring (bicyclic) bond motifs is 1. The van der Waals surface area contributed by atoms with Crippen LogP contribution in [0.4, 0.5) is 4.39 Å². The van der Waals surface area contributed by atoms with Gasteiger partial charge in [-0.15, -0.1) is 0 Å². The second kappa shape index (κ2) is 7.94. The number of amides is 1. The topological polar surface area (TPSA) is 55.6 Å². The van der Waals surface area contributed by atoms with Gasteiger partial charge in [-0.3, -0.25) is 9.69 Å². The SMILES string of the molecule is CC(C(N)=O)N1CCC23CCCCC2C1Cc1ccc(OCc2cccc(F)c2)cc13. The molecule has 1 heterocycles. The molecule has 3 aliphatic rings. The van der Waals surface area contributed by atoms with E-state index in [0.29, 0.717) is 18.6 Å². The van der Waals surface area contributed by atoms with Gasteiger partial charge in [0.25, 0.3) is 0 Å². The number of carbonyl (C=O) groups excluding carboxylic acids is 1. The average molecular weight is 423 g/mol. The van der Waals surface area contributed by atoms with Crippen molar-refractivity contribution in [3.8, 4) is 5.75 Å². The molecule has 1 aliphatic heterocycles. The number of benzene rings is 2. The summed E-state index contributed by atoms with van der Waals surface area (Å²) in [5.74, 6) is 0.949. The van der Waals surface area contributed by atoms with Gasteiger partial charge in [0.05, 0.1) is 6.04 Å². The highest BCUT2D eigenvalue weighted by Gasteiger charge is 2.54. The molecule has 0 spiro atoms. The summed E-state index contributed by atoms with van der Waals surface area (Å²) >= 11 is 0. The molecule has 4 unspecified atom stereocenters. The van der Waals surface area contributed by atoms with Crippen molar-refractivity contribution in [1.82, 2.24) is 4.90 Å². The van der Waals surface area contributed by atoms with Crippen LogP contribution < -0.4 is 10.5 Å². The Morgan fingerprint density at radius 3 is 2.94 bits per heavy atom. The molecule has 2 aliphatic carbocycles. The molecule has 31 heavy (non-hydrogen) atoms. The molecule has 2 fully saturated rings. The van der Waals surface area contributed by atoms with Crippen LogP contribution in [0.5, 0.6) is 5.75 Å². The van der Waals surface area contributed by atoms with Gasteiger partial charge in [-0.25, -0.2) is 4.39 Å². The van der Waals surface area contributed by atoms with Gasteiger partial charge in [-0.2, -0.15) is 0 Å². The van der Waals surface area contributed by atoms with E-state index in [9.17, 15) is 9.18 Å². The maximum atomic E-state index is 13.5. The van der Waals surface area contributed by atoms with E-state index >= 15 is 0 Å². The molecule has 164 valence electrons. The number of halogens is 1. The molecule has 2 bridgehead atoms. The van der Waals surface area contributed by atoms with Crippen LogP contribution in [0.25, 0.3) is 0 Å². The number of rotatable bonds is 5. The fourth-order valence-electron chi connectivity index (χ4n) is 6.54. The normalized spacial score (nSPS) is 28.3. The molecular weight excluding hydrogens is 391 g/mol. The lowest BCUT2D eigenvalue weighted by molar-refractivity contribution is -0.127. The summed E-state index contributed by atoms with van der Waals surface area (Å²) in [6.45, 7) is 3.23. The van der Waals surface area contributed by atoms with Gasteiger partial charge in [-0.1, -0.05) is 31.0 Å². The maximum absolute atomic E-state index is 13.5. The van der Waals surface area contributed by atoms with E-state index in [1.54, 1.807) is 6.07 Å². The van der Waals surface area contributed by atoms with Crippen LogP contribution in [0, 0.1) is 11.7 Å². The summed E-state index contributed by atoms with van der Waals surface area (Å²) in [4.78, 5) is 14.3. The number of primary amides is 1. The van der Waals surface area contributed by atoms with E-state index in [0.717, 1.165) is 30.7 Å². The Morgan fingerprint density at radius 1 is 1.26 bits per heavy atom. The van der Waals surface area contributed by atoms with Gasteiger partial charge in [-0.05, 0) is 79.5 Å². The molecule has 4 atom stereocenters. The van der Waals surface area contributed by atoms with E-state index < -0.39 is 0 Å². The molecule has 4 nitrogen and oxygen atoms in total. The van der Waals surface area contributed by atoms with E-state index in [1.165, 1.54) is 48.9 Å². The first kappa shape index (κ1) is 20.5. The van der Waals surface area contributed by atoms with Crippen molar-refractivity contribution in [1.29, 1.82) is 0 Å². The van der Waals surface area contributed by atoms with Gasteiger partial charge in [0, 0.05) is 18.0 Å². The quantitative estimate of drug-likeness (QED) is 0.780. The van der Waals surface area contributed by atoms with E-state index in [-0.39, 0.29) is 23.2 Å². The van der Waals surface area contributed by atoms with Gasteiger partial charge >= 0.3 is 0 Å². The van der Waals surface area contributed by atoms with Crippen LogP contribution >= 0.6 is 0 Å². The fraction of sp³-hybridized carbons (Fsp3) is 0.500. The Hall–Kier alpha value is -2.40. The Kier molecular flexibility index (Phi) is 5.25. The first-order valence-corrected chi connectivity index (χ1v) is 11.5. The van der Waals surface area contributed by atoms with Crippen molar-refractivity contribution in [3.05, 3.63) is 65.0 Å². The minimum atomic E-state index is -0.238. The standard InChI is InChI=1S/C26H31FN2O2/c1-17(25(28)30)29-12-11-26-10-3-2-7-22(26)24(29)14-19-8-9-21(15-23(19)26)31-16-18-5-4-6-20(27)13-18/h4-6,8-9,13,15,17,22,24H,2-3,7,10-12,14,16H2,1H3,(H2,28,30). The summed E-state index contributed by atoms with van der Waals surface area (Å²) in [7, 11) is 0. The zero-order valence-corrected chi connectivity index (χ0v) is 18.1. The second-order valence-electron chi connectivity index (χ2n) is 9.58. The van der Waals surface area contributed by atoms with Crippen molar-refractivity contribution in [2.45, 2.75) is 69.6 Å². The predicted octanol–water partition coefficient (Wildman–Crippen LogP) is 4.34. The zero-order chi connectivity index (χ0) is 21.6. The first-order valence-electron chi connectivity index (χ1n) is 11.5. The fourth-order valence-corrected chi connectivity index (χ4v) is 6.54. The van der Waals surface area contributed by atoms with Gasteiger partial charge in [0.1, 0.15) is 18.2 Å². The Balaban J connectivity index is 1.45. The predicted molar refractivity (Wildman–Crippen MR) is 118 cm³/mol. The van der Waals surface area contributed by atoms with E-state index in [4.69, 9.17) is 10.5 Å². The molecular formula is C26H31FN2O2. The lowest BCUT2D eigenvalue weighted by Crippen LogP contribution is -2.64. The van der Waals surface area contributed by atoms with Gasteiger partial charge < -0.3 is 10.5 Å². The van der Waals surface area contributed by atoms with Crippen molar-refractivity contribution in [3.63, 3.8) is 0 Å². The monoisotopic (exact) mass is 422 g/mol. The highest BCUT2D eigenvalue weighted by atomic mass is 19.1. The number of ether oxygens (including phenoxy) is 1. The molecule has 2 N–H and O–H groups in total. The van der Waals surface area contributed by atoms with E-state index in [1.807, 2.05) is 19.1 Å². The van der Waals surface area contributed by atoms with Crippen molar-refractivity contribution in [2.24, 2.45) is 11.7 Å². The minimum Gasteiger partial charge on any atom is -0.489 e. The van der Waals surface area contributed by atoms with E-state index in [2.05, 4.69) is 17.0 Å². The van der Waals surface area contributed by atoms with Crippen LogP contribution in [0.15, 0.2) is 42.5 Å². The molecule has 5 rings (SSSR count). The highest BCUT2D eigenvalue weighted by molar-refractivity contribution is 5.79. The largest absolute Gasteiger partial charge is 0.489 e. The average Bonchev–Trinajstić information content (AvgIpc) is 2.77. The highest BCUT2D eigenvalue weighted by Crippen LogP contribution is 2.56. The number of nitrogens with two attached hydrogens (primary N) is 1. The number of nitrogens with zero attached hydrogens (tertiary/aromatic N) is 1. The number of carbonyl (C=O) groups is 1. The zero-order valence-electron chi connectivity index (χ0n) is 18.1. The molecule has 1 saturated heterocycles. The summed E-state index contributed by atoms with van der Waals surface area (Å²) in [6, 6.07) is 13.2. The molecule has 2 aromatic rings. The van der Waals surface area contributed by atoms with Crippen LogP contribution in [0.2, 0.25) is 0 Å². The van der Waals surface area contributed by atoms with Crippen LogP contribution in [0.3, 0.4) is 0 Å². The van der Waals surface area contributed by atoms with Crippen molar-refractivity contribution < 1.29 is 13.9 Å². The number of likely N-dealkylation sites (tertiary alicyclic amines) is 1. The number of piperidine rings is 1. The Labute approximate surface area is 183 Å². The third kappa shape index (κ3) is 3.53. The number of hydrogen-bond acceptors (Lipinski definition) is 3. The lowest BCUT2D eigenvalue weighted by atomic mass is 9.52. The lowest BCUT2D eigenvalue weighted by Gasteiger charge is -2.60. The van der Waals surface area contributed by atoms with Crippen LogP contribution in [0.1, 0.15) is 55.7 Å². The molecule has 0 radical (unpaired) electrons.